The van der Waals surface area contributed by atoms with E-state index < -0.39 is 11.7 Å². The van der Waals surface area contributed by atoms with E-state index in [1.807, 2.05) is 23.6 Å². The van der Waals surface area contributed by atoms with Crippen molar-refractivity contribution in [3.8, 4) is 0 Å². The molecule has 0 saturated heterocycles. The zero-order valence-corrected chi connectivity index (χ0v) is 20.4. The molecular weight excluding hydrogens is 481 g/mol. The van der Waals surface area contributed by atoms with Crippen LogP contribution in [-0.4, -0.2) is 41.5 Å². The van der Waals surface area contributed by atoms with Gasteiger partial charge in [-0.15, -0.1) is 10.2 Å². The molecule has 3 aromatic rings. The number of nitrogens with zero attached hydrogens (tertiary/aromatic N) is 3. The number of aromatic nitrogens is 3. The monoisotopic (exact) mass is 508 g/mol. The average molecular weight is 509 g/mol. The van der Waals surface area contributed by atoms with Crippen LogP contribution >= 0.6 is 11.8 Å². The number of rotatable bonds is 11. The molecule has 7 nitrogen and oxygen atoms in total. The largest absolute Gasteiger partial charge is 0.416 e. The summed E-state index contributed by atoms with van der Waals surface area (Å²) in [6.07, 6.45) is -4.42. The number of hydrogen-bond acceptors (Lipinski definition) is 6. The highest BCUT2D eigenvalue weighted by molar-refractivity contribution is 7.98. The van der Waals surface area contributed by atoms with E-state index >= 15 is 0 Å². The average Bonchev–Trinajstić information content (AvgIpc) is 3.24. The van der Waals surface area contributed by atoms with E-state index in [1.54, 1.807) is 32.4 Å². The highest BCUT2D eigenvalue weighted by Gasteiger charge is 2.30. The Labute approximate surface area is 206 Å². The SMILES string of the molecule is COCc1nnc(SCc2ccc(C(=O)NCc3cccc(C(F)(F)F)c3)cc2)n1[C@H](C)COC. The van der Waals surface area contributed by atoms with E-state index in [0.29, 0.717) is 35.9 Å². The third kappa shape index (κ3) is 7.30. The lowest BCUT2D eigenvalue weighted by atomic mass is 10.1. The summed E-state index contributed by atoms with van der Waals surface area (Å²) in [5, 5.41) is 11.9. The molecule has 11 heteroatoms. The van der Waals surface area contributed by atoms with Gasteiger partial charge in [0.1, 0.15) is 6.61 Å². The van der Waals surface area contributed by atoms with Crippen LogP contribution in [0.1, 0.15) is 45.8 Å². The van der Waals surface area contributed by atoms with E-state index in [9.17, 15) is 18.0 Å². The number of methoxy groups -OCH3 is 2. The molecule has 0 unspecified atom stereocenters. The molecule has 0 spiro atoms. The first-order chi connectivity index (χ1) is 16.7. The molecule has 1 aromatic heterocycles. The number of carbonyl (C=O) groups is 1. The lowest BCUT2D eigenvalue weighted by Gasteiger charge is -2.17. The Morgan fingerprint density at radius 1 is 1.09 bits per heavy atom. The van der Waals surface area contributed by atoms with Crippen molar-refractivity contribution in [3.05, 3.63) is 76.6 Å². The molecule has 0 bridgehead atoms. The maximum absolute atomic E-state index is 12.9. The van der Waals surface area contributed by atoms with Crippen LogP contribution in [0.5, 0.6) is 0 Å². The van der Waals surface area contributed by atoms with E-state index in [0.717, 1.165) is 22.9 Å². The van der Waals surface area contributed by atoms with Gasteiger partial charge in [-0.3, -0.25) is 9.36 Å². The van der Waals surface area contributed by atoms with Crippen molar-refractivity contribution in [2.75, 3.05) is 20.8 Å². The Morgan fingerprint density at radius 3 is 2.49 bits per heavy atom. The van der Waals surface area contributed by atoms with Gasteiger partial charge < -0.3 is 14.8 Å². The van der Waals surface area contributed by atoms with Crippen molar-refractivity contribution >= 4 is 17.7 Å². The first kappa shape index (κ1) is 26.7. The summed E-state index contributed by atoms with van der Waals surface area (Å²) in [6.45, 7) is 2.86. The van der Waals surface area contributed by atoms with Crippen LogP contribution < -0.4 is 5.32 Å². The van der Waals surface area contributed by atoms with E-state index in [2.05, 4.69) is 15.5 Å². The number of thioether (sulfide) groups is 1. The molecule has 0 radical (unpaired) electrons. The van der Waals surface area contributed by atoms with E-state index in [4.69, 9.17) is 9.47 Å². The molecule has 1 amide bonds. The summed E-state index contributed by atoms with van der Waals surface area (Å²) in [5.74, 6) is 0.961. The first-order valence-corrected chi connectivity index (χ1v) is 11.8. The maximum atomic E-state index is 12.9. The zero-order valence-electron chi connectivity index (χ0n) is 19.6. The summed E-state index contributed by atoms with van der Waals surface area (Å²) >= 11 is 1.51. The number of amides is 1. The zero-order chi connectivity index (χ0) is 25.4. The fourth-order valence-electron chi connectivity index (χ4n) is 3.43. The van der Waals surface area contributed by atoms with Gasteiger partial charge in [0, 0.05) is 32.1 Å². The van der Waals surface area contributed by atoms with Gasteiger partial charge in [-0.1, -0.05) is 36.0 Å². The summed E-state index contributed by atoms with van der Waals surface area (Å²) in [4.78, 5) is 12.5. The van der Waals surface area contributed by atoms with Crippen molar-refractivity contribution in [1.82, 2.24) is 20.1 Å². The standard InChI is InChI=1S/C24H27F3N4O3S/c1-16(13-33-2)31-21(14-34-3)29-30-23(31)35-15-17-7-9-19(10-8-17)22(32)28-12-18-5-4-6-20(11-18)24(25,26)27/h4-11,16H,12-15H2,1-3H3,(H,28,32)/t16-/m1/s1. The molecule has 3 rings (SSSR count). The third-order valence-electron chi connectivity index (χ3n) is 5.15. The molecule has 2 aromatic carbocycles. The first-order valence-electron chi connectivity index (χ1n) is 10.8. The van der Waals surface area contributed by atoms with Gasteiger partial charge >= 0.3 is 6.18 Å². The lowest BCUT2D eigenvalue weighted by Crippen LogP contribution is -2.23. The second kappa shape index (κ2) is 12.2. The number of nitrogens with one attached hydrogen (secondary N) is 1. The maximum Gasteiger partial charge on any atom is 0.416 e. The van der Waals surface area contributed by atoms with Crippen LogP contribution in [0.4, 0.5) is 13.2 Å². The van der Waals surface area contributed by atoms with Gasteiger partial charge in [0.15, 0.2) is 11.0 Å². The van der Waals surface area contributed by atoms with Crippen molar-refractivity contribution in [2.45, 2.75) is 43.2 Å². The number of benzene rings is 2. The summed E-state index contributed by atoms with van der Waals surface area (Å²) < 4.78 is 51.1. The van der Waals surface area contributed by atoms with Gasteiger partial charge in [0.25, 0.3) is 5.91 Å². The number of carbonyl (C=O) groups excluding carboxylic acids is 1. The minimum atomic E-state index is -4.42. The van der Waals surface area contributed by atoms with E-state index in [1.165, 1.54) is 17.8 Å². The molecule has 1 N–H and O–H groups in total. The topological polar surface area (TPSA) is 78.3 Å². The highest BCUT2D eigenvalue weighted by Crippen LogP contribution is 2.29. The second-order valence-electron chi connectivity index (χ2n) is 7.87. The molecule has 0 aliphatic rings. The Balaban J connectivity index is 1.59. The van der Waals surface area contributed by atoms with Crippen LogP contribution in [-0.2, 0) is 34.6 Å². The van der Waals surface area contributed by atoms with Crippen molar-refractivity contribution in [1.29, 1.82) is 0 Å². The van der Waals surface area contributed by atoms with Crippen LogP contribution in [0.3, 0.4) is 0 Å². The fraction of sp³-hybridized carbons (Fsp3) is 0.375. The predicted molar refractivity (Wildman–Crippen MR) is 126 cm³/mol. The minimum Gasteiger partial charge on any atom is -0.383 e. The number of hydrogen-bond donors (Lipinski definition) is 1. The molecule has 0 saturated carbocycles. The highest BCUT2D eigenvalue weighted by atomic mass is 32.2. The van der Waals surface area contributed by atoms with E-state index in [-0.39, 0.29) is 18.5 Å². The molecule has 0 aliphatic heterocycles. The van der Waals surface area contributed by atoms with Gasteiger partial charge in [-0.25, -0.2) is 0 Å². The second-order valence-corrected chi connectivity index (χ2v) is 8.82. The van der Waals surface area contributed by atoms with Gasteiger partial charge in [0.2, 0.25) is 0 Å². The molecule has 0 aliphatic carbocycles. The van der Waals surface area contributed by atoms with Crippen molar-refractivity contribution in [3.63, 3.8) is 0 Å². The lowest BCUT2D eigenvalue weighted by molar-refractivity contribution is -0.137. The van der Waals surface area contributed by atoms with Gasteiger partial charge in [-0.05, 0) is 42.3 Å². The smallest absolute Gasteiger partial charge is 0.383 e. The van der Waals surface area contributed by atoms with Crippen molar-refractivity contribution < 1.29 is 27.4 Å². The molecule has 188 valence electrons. The van der Waals surface area contributed by atoms with Crippen LogP contribution in [0.2, 0.25) is 0 Å². The molecular formula is C24H27F3N4O3S. The normalized spacial score (nSPS) is 12.5. The molecule has 35 heavy (non-hydrogen) atoms. The number of ether oxygens (including phenoxy) is 2. The van der Waals surface area contributed by atoms with Crippen LogP contribution in [0, 0.1) is 0 Å². The Kier molecular flexibility index (Phi) is 9.30. The van der Waals surface area contributed by atoms with Gasteiger partial charge in [-0.2, -0.15) is 13.2 Å². The number of alkyl halides is 3. The Morgan fingerprint density at radius 2 is 1.83 bits per heavy atom. The Bertz CT molecular complexity index is 1120. The van der Waals surface area contributed by atoms with Crippen LogP contribution in [0.25, 0.3) is 0 Å². The van der Waals surface area contributed by atoms with Crippen LogP contribution in [0.15, 0.2) is 53.7 Å². The van der Waals surface area contributed by atoms with Crippen molar-refractivity contribution in [2.24, 2.45) is 0 Å². The summed E-state index contributed by atoms with van der Waals surface area (Å²) in [5.41, 5.74) is 1.03. The quantitative estimate of drug-likeness (QED) is 0.372. The summed E-state index contributed by atoms with van der Waals surface area (Å²) in [6, 6.07) is 12.0. The van der Waals surface area contributed by atoms with Gasteiger partial charge in [0.05, 0.1) is 18.2 Å². The predicted octanol–water partition coefficient (Wildman–Crippen LogP) is 4.87. The molecule has 1 heterocycles. The number of halogens is 3. The third-order valence-corrected chi connectivity index (χ3v) is 6.16. The fourth-order valence-corrected chi connectivity index (χ4v) is 4.45. The summed E-state index contributed by atoms with van der Waals surface area (Å²) in [7, 11) is 3.24. The molecule has 1 atom stereocenters. The molecule has 0 fully saturated rings. The minimum absolute atomic E-state index is 0.000514. The Hall–Kier alpha value is -2.89.